The van der Waals surface area contributed by atoms with Crippen LogP contribution in [0.15, 0.2) is 73.1 Å². The second-order valence-corrected chi connectivity index (χ2v) is 14.4. The van der Waals surface area contributed by atoms with Gasteiger partial charge in [0, 0.05) is 36.4 Å². The third kappa shape index (κ3) is 7.43. The molecule has 4 N–H and O–H groups in total. The van der Waals surface area contributed by atoms with Crippen LogP contribution in [-0.4, -0.2) is 30.0 Å². The summed E-state index contributed by atoms with van der Waals surface area (Å²) in [6, 6.07) is 14.7. The quantitative estimate of drug-likeness (QED) is 0.123. The van der Waals surface area contributed by atoms with Crippen LogP contribution in [0.1, 0.15) is 79.3 Å². The van der Waals surface area contributed by atoms with Crippen LogP contribution in [0.25, 0.3) is 5.69 Å². The molecule has 1 aliphatic carbocycles. The fourth-order valence-corrected chi connectivity index (χ4v) is 6.10. The molecule has 0 saturated heterocycles. The number of pyridine rings is 1. The Balaban J connectivity index is 1.58. The van der Waals surface area contributed by atoms with E-state index in [-0.39, 0.29) is 17.9 Å². The molecule has 2 aromatic carbocycles. The Hall–Kier alpha value is -3.78. The molecule has 2 heterocycles. The third-order valence-corrected chi connectivity index (χ3v) is 9.58. The van der Waals surface area contributed by atoms with Crippen LogP contribution in [0.3, 0.4) is 0 Å². The lowest BCUT2D eigenvalue weighted by Gasteiger charge is -2.38. The number of anilines is 1. The lowest BCUT2D eigenvalue weighted by atomic mass is 9.80. The van der Waals surface area contributed by atoms with E-state index in [0.29, 0.717) is 35.1 Å². The van der Waals surface area contributed by atoms with Crippen molar-refractivity contribution >= 4 is 23.0 Å². The van der Waals surface area contributed by atoms with Gasteiger partial charge in [-0.15, -0.1) is 4.72 Å². The number of hydrogen-bond acceptors (Lipinski definition) is 6. The Morgan fingerprint density at radius 1 is 1.07 bits per heavy atom. The Morgan fingerprint density at radius 2 is 1.83 bits per heavy atom. The minimum absolute atomic E-state index is 0.119. The number of benzene rings is 2. The van der Waals surface area contributed by atoms with Gasteiger partial charge < -0.3 is 15.6 Å². The van der Waals surface area contributed by atoms with Crippen molar-refractivity contribution < 1.29 is 26.9 Å². The van der Waals surface area contributed by atoms with E-state index < -0.39 is 50.9 Å². The summed E-state index contributed by atoms with van der Waals surface area (Å²) in [6.45, 7) is 5.63. The van der Waals surface area contributed by atoms with Crippen molar-refractivity contribution in [1.29, 1.82) is 0 Å². The van der Waals surface area contributed by atoms with Crippen molar-refractivity contribution in [2.24, 2.45) is 11.7 Å². The Labute approximate surface area is 268 Å². The molecule has 1 unspecified atom stereocenters. The van der Waals surface area contributed by atoms with Gasteiger partial charge in [-0.1, -0.05) is 37.1 Å². The first-order chi connectivity index (χ1) is 21.7. The van der Waals surface area contributed by atoms with Crippen LogP contribution < -0.4 is 15.8 Å². The molecule has 244 valence electrons. The fourth-order valence-electron chi connectivity index (χ4n) is 5.14. The van der Waals surface area contributed by atoms with Gasteiger partial charge in [-0.2, -0.15) is 18.3 Å². The van der Waals surface area contributed by atoms with Gasteiger partial charge in [0.2, 0.25) is 0 Å². The van der Waals surface area contributed by atoms with Crippen LogP contribution in [0.5, 0.6) is 0 Å². The number of carbonyl (C=O) groups is 1. The van der Waals surface area contributed by atoms with Gasteiger partial charge in [0.25, 0.3) is 5.91 Å². The molecule has 1 fully saturated rings. The summed E-state index contributed by atoms with van der Waals surface area (Å²) in [6.07, 6.45) is 1.90. The summed E-state index contributed by atoms with van der Waals surface area (Å²) in [5, 5.41) is 6.13. The number of nitrogens with two attached hydrogens (primary N) is 1. The zero-order valence-electron chi connectivity index (χ0n) is 25.7. The summed E-state index contributed by atoms with van der Waals surface area (Å²) < 4.78 is 73.8. The van der Waals surface area contributed by atoms with Crippen molar-refractivity contribution in [3.8, 4) is 5.69 Å². The molecule has 2 aromatic heterocycles. The molecule has 13 heteroatoms. The highest BCUT2D eigenvalue weighted by Gasteiger charge is 2.44. The molecule has 2 atom stereocenters. The fraction of sp³-hybridized carbons (Fsp3) is 0.364. The maximum absolute atomic E-state index is 15.4. The maximum atomic E-state index is 15.4. The Kier molecular flexibility index (Phi) is 9.60. The first kappa shape index (κ1) is 33.6. The monoisotopic (exact) mass is 656 g/mol. The molecule has 5 rings (SSSR count). The summed E-state index contributed by atoms with van der Waals surface area (Å²) >= 11 is -1.57. The molecule has 46 heavy (non-hydrogen) atoms. The predicted octanol–water partition coefficient (Wildman–Crippen LogP) is 6.62. The minimum Gasteiger partial charge on any atom is -0.598 e. The van der Waals surface area contributed by atoms with Crippen LogP contribution in [0.2, 0.25) is 0 Å². The first-order valence-electron chi connectivity index (χ1n) is 14.9. The molecule has 0 radical (unpaired) electrons. The molecule has 0 spiro atoms. The standard InChI is InChI=1S/C33H36F4N6O2S/c1-31(2,3)46(45)42-32(14-13-21-9-10-21,24-7-5-15-39-20-24)23-11-12-26(34)27(17-23)40-30(44)28-18-29(33(35,36)37)41-43(28)25-8-4-6-22(16-25)19-38/h4-8,11-12,15-18,20-21,42H,9-10,13-14,19,38H2,1-3H3,(H,40,44)/t32?,46-/m1/s1. The lowest BCUT2D eigenvalue weighted by molar-refractivity contribution is -0.141. The van der Waals surface area contributed by atoms with Crippen LogP contribution in [-0.2, 0) is 29.6 Å². The second kappa shape index (κ2) is 13.1. The van der Waals surface area contributed by atoms with E-state index in [2.05, 4.69) is 20.1 Å². The number of hydrogen-bond donors (Lipinski definition) is 3. The molecular formula is C33H36F4N6O2S. The summed E-state index contributed by atoms with van der Waals surface area (Å²) in [5.74, 6) is -1.31. The van der Waals surface area contributed by atoms with Gasteiger partial charge in [-0.25, -0.2) is 9.07 Å². The summed E-state index contributed by atoms with van der Waals surface area (Å²) in [4.78, 5) is 17.9. The highest BCUT2D eigenvalue weighted by atomic mass is 32.2. The largest absolute Gasteiger partial charge is 0.598 e. The zero-order valence-corrected chi connectivity index (χ0v) is 26.5. The van der Waals surface area contributed by atoms with E-state index >= 15 is 4.39 Å². The van der Waals surface area contributed by atoms with E-state index in [1.807, 2.05) is 26.8 Å². The Morgan fingerprint density at radius 3 is 2.46 bits per heavy atom. The topological polar surface area (TPSA) is 121 Å². The van der Waals surface area contributed by atoms with E-state index in [1.54, 1.807) is 36.7 Å². The van der Waals surface area contributed by atoms with Gasteiger partial charge in [-0.3, -0.25) is 9.78 Å². The van der Waals surface area contributed by atoms with E-state index in [0.717, 1.165) is 23.9 Å². The van der Waals surface area contributed by atoms with Crippen molar-refractivity contribution in [2.45, 2.75) is 69.5 Å². The highest BCUT2D eigenvalue weighted by Crippen LogP contribution is 2.43. The molecule has 1 aliphatic rings. The van der Waals surface area contributed by atoms with E-state index in [4.69, 9.17) is 5.73 Å². The molecule has 1 saturated carbocycles. The van der Waals surface area contributed by atoms with Crippen molar-refractivity contribution in [2.75, 3.05) is 5.32 Å². The van der Waals surface area contributed by atoms with Crippen molar-refractivity contribution in [1.82, 2.24) is 19.5 Å². The number of carbonyl (C=O) groups excluding carboxylic acids is 1. The van der Waals surface area contributed by atoms with Gasteiger partial charge in [-0.05, 0) is 86.6 Å². The number of halogens is 4. The van der Waals surface area contributed by atoms with Crippen molar-refractivity contribution in [3.63, 3.8) is 0 Å². The summed E-state index contributed by atoms with van der Waals surface area (Å²) in [5.41, 5.74) is 4.64. The predicted molar refractivity (Wildman–Crippen MR) is 169 cm³/mol. The highest BCUT2D eigenvalue weighted by molar-refractivity contribution is 7.90. The average molecular weight is 657 g/mol. The third-order valence-electron chi connectivity index (χ3n) is 7.93. The van der Waals surface area contributed by atoms with Crippen LogP contribution >= 0.6 is 0 Å². The van der Waals surface area contributed by atoms with E-state index in [9.17, 15) is 22.5 Å². The summed E-state index contributed by atoms with van der Waals surface area (Å²) in [7, 11) is 0. The number of aromatic nitrogens is 3. The van der Waals surface area contributed by atoms with Crippen LogP contribution in [0.4, 0.5) is 23.2 Å². The number of amides is 1. The number of nitrogens with one attached hydrogen (secondary N) is 2. The molecule has 4 aromatic rings. The molecular weight excluding hydrogens is 620 g/mol. The van der Waals surface area contributed by atoms with Gasteiger partial charge >= 0.3 is 6.18 Å². The first-order valence-corrected chi connectivity index (χ1v) is 16.0. The van der Waals surface area contributed by atoms with Gasteiger partial charge in [0.15, 0.2) is 5.69 Å². The van der Waals surface area contributed by atoms with Crippen LogP contribution in [0, 0.1) is 11.7 Å². The number of alkyl halides is 3. The second-order valence-electron chi connectivity index (χ2n) is 12.5. The van der Waals surface area contributed by atoms with Gasteiger partial charge in [0.05, 0.1) is 11.4 Å². The van der Waals surface area contributed by atoms with Gasteiger partial charge in [0.1, 0.15) is 21.8 Å². The average Bonchev–Trinajstić information content (AvgIpc) is 3.73. The smallest absolute Gasteiger partial charge is 0.435 e. The molecule has 0 bridgehead atoms. The molecule has 0 aliphatic heterocycles. The molecule has 1 amide bonds. The maximum Gasteiger partial charge on any atom is 0.435 e. The SMILES string of the molecule is CC(C)(C)[S@@+]([O-])NC(CCC1CC1)(c1cccnc1)c1ccc(F)c(NC(=O)c2cc(C(F)(F)F)nn2-c2cccc(CN)c2)c1. The normalized spacial score (nSPS) is 15.8. The molecule has 8 nitrogen and oxygen atoms in total. The van der Waals surface area contributed by atoms with E-state index in [1.165, 1.54) is 24.3 Å². The number of rotatable bonds is 11. The number of nitrogens with zero attached hydrogens (tertiary/aromatic N) is 3. The zero-order chi connectivity index (χ0) is 33.3. The Bertz CT molecular complexity index is 1690. The lowest BCUT2D eigenvalue weighted by Crippen LogP contribution is -2.52. The minimum atomic E-state index is -4.84. The van der Waals surface area contributed by atoms with Crippen molar-refractivity contribution in [3.05, 3.63) is 107 Å².